The molecule has 134 valence electrons. The van der Waals surface area contributed by atoms with Gasteiger partial charge in [0.15, 0.2) is 11.5 Å². The minimum Gasteiger partial charge on any atom is -0.440 e. The first kappa shape index (κ1) is 16.8. The molecule has 2 heterocycles. The molecule has 0 radical (unpaired) electrons. The third-order valence-corrected chi connectivity index (χ3v) is 4.34. The molecule has 1 amide bonds. The molecular weight excluding hydrogens is 330 g/mol. The number of nitrogens with zero attached hydrogens (tertiary/aromatic N) is 1. The van der Waals surface area contributed by atoms with Gasteiger partial charge in [-0.15, -0.1) is 0 Å². The Morgan fingerprint density at radius 1 is 1.23 bits per heavy atom. The van der Waals surface area contributed by atoms with Crippen LogP contribution in [0.25, 0.3) is 11.1 Å². The number of amides is 1. The minimum atomic E-state index is -0.0450. The number of carbonyl (C=O) groups excluding carboxylic acids is 1. The summed E-state index contributed by atoms with van der Waals surface area (Å²) in [5, 5.41) is 6.20. The van der Waals surface area contributed by atoms with E-state index >= 15 is 0 Å². The SMILES string of the molecule is O=C(CC1COCCN1)Nc1ccc2nc(Cc3ccccc3)oc2c1. The molecule has 0 bridgehead atoms. The van der Waals surface area contributed by atoms with Crippen molar-refractivity contribution in [3.05, 3.63) is 60.0 Å². The average Bonchev–Trinajstić information content (AvgIpc) is 3.05. The zero-order valence-corrected chi connectivity index (χ0v) is 14.4. The maximum atomic E-state index is 12.2. The lowest BCUT2D eigenvalue weighted by molar-refractivity contribution is -0.117. The molecule has 0 spiro atoms. The van der Waals surface area contributed by atoms with Gasteiger partial charge in [-0.05, 0) is 17.7 Å². The maximum absolute atomic E-state index is 12.2. The van der Waals surface area contributed by atoms with E-state index in [-0.39, 0.29) is 11.9 Å². The van der Waals surface area contributed by atoms with Gasteiger partial charge in [0, 0.05) is 37.2 Å². The number of carbonyl (C=O) groups is 1. The summed E-state index contributed by atoms with van der Waals surface area (Å²) in [6, 6.07) is 15.7. The quantitative estimate of drug-likeness (QED) is 0.739. The van der Waals surface area contributed by atoms with Gasteiger partial charge in [-0.3, -0.25) is 4.79 Å². The Hall–Kier alpha value is -2.70. The van der Waals surface area contributed by atoms with Gasteiger partial charge in [-0.2, -0.15) is 0 Å². The molecule has 1 atom stereocenters. The summed E-state index contributed by atoms with van der Waals surface area (Å²) in [5.41, 5.74) is 3.32. The zero-order valence-electron chi connectivity index (χ0n) is 14.4. The normalized spacial score (nSPS) is 17.3. The van der Waals surface area contributed by atoms with Crippen molar-refractivity contribution in [2.75, 3.05) is 25.1 Å². The van der Waals surface area contributed by atoms with E-state index in [0.29, 0.717) is 43.2 Å². The highest BCUT2D eigenvalue weighted by molar-refractivity contribution is 5.93. The van der Waals surface area contributed by atoms with E-state index in [4.69, 9.17) is 9.15 Å². The van der Waals surface area contributed by atoms with Crippen molar-refractivity contribution in [3.8, 4) is 0 Å². The van der Waals surface area contributed by atoms with Gasteiger partial charge in [0.2, 0.25) is 5.91 Å². The summed E-state index contributed by atoms with van der Waals surface area (Å²) < 4.78 is 11.2. The third-order valence-electron chi connectivity index (χ3n) is 4.34. The van der Waals surface area contributed by atoms with Gasteiger partial charge >= 0.3 is 0 Å². The fourth-order valence-electron chi connectivity index (χ4n) is 3.08. The van der Waals surface area contributed by atoms with Crippen LogP contribution in [0.3, 0.4) is 0 Å². The van der Waals surface area contributed by atoms with Crippen molar-refractivity contribution in [3.63, 3.8) is 0 Å². The molecule has 2 N–H and O–H groups in total. The number of hydrogen-bond acceptors (Lipinski definition) is 5. The Labute approximate surface area is 151 Å². The lowest BCUT2D eigenvalue weighted by atomic mass is 10.1. The summed E-state index contributed by atoms with van der Waals surface area (Å²) >= 11 is 0. The molecule has 4 rings (SSSR count). The first-order chi connectivity index (χ1) is 12.8. The highest BCUT2D eigenvalue weighted by Gasteiger charge is 2.17. The van der Waals surface area contributed by atoms with Crippen LogP contribution >= 0.6 is 0 Å². The van der Waals surface area contributed by atoms with Crippen molar-refractivity contribution in [1.29, 1.82) is 0 Å². The highest BCUT2D eigenvalue weighted by atomic mass is 16.5. The maximum Gasteiger partial charge on any atom is 0.226 e. The van der Waals surface area contributed by atoms with Gasteiger partial charge in [0.1, 0.15) is 5.52 Å². The van der Waals surface area contributed by atoms with Crippen LogP contribution in [0.2, 0.25) is 0 Å². The van der Waals surface area contributed by atoms with Gasteiger partial charge in [-0.25, -0.2) is 4.98 Å². The fraction of sp³-hybridized carbons (Fsp3) is 0.300. The largest absolute Gasteiger partial charge is 0.440 e. The van der Waals surface area contributed by atoms with Crippen LogP contribution in [0.5, 0.6) is 0 Å². The van der Waals surface area contributed by atoms with E-state index in [1.165, 1.54) is 0 Å². The summed E-state index contributed by atoms with van der Waals surface area (Å²) in [4.78, 5) is 16.7. The van der Waals surface area contributed by atoms with Crippen molar-refractivity contribution < 1.29 is 13.9 Å². The topological polar surface area (TPSA) is 76.4 Å². The second-order valence-corrected chi connectivity index (χ2v) is 6.43. The Kier molecular flexibility index (Phi) is 4.95. The smallest absolute Gasteiger partial charge is 0.226 e. The average molecular weight is 351 g/mol. The Morgan fingerprint density at radius 2 is 2.12 bits per heavy atom. The number of benzene rings is 2. The van der Waals surface area contributed by atoms with Gasteiger partial charge in [0.05, 0.1) is 13.2 Å². The summed E-state index contributed by atoms with van der Waals surface area (Å²) in [6.45, 7) is 2.05. The lowest BCUT2D eigenvalue weighted by Gasteiger charge is -2.23. The molecule has 0 saturated carbocycles. The molecule has 1 aliphatic heterocycles. The molecule has 6 heteroatoms. The lowest BCUT2D eigenvalue weighted by Crippen LogP contribution is -2.43. The molecule has 1 aliphatic rings. The Balaban J connectivity index is 1.42. The summed E-state index contributed by atoms with van der Waals surface area (Å²) in [5.74, 6) is 0.620. The van der Waals surface area contributed by atoms with Crippen molar-refractivity contribution in [2.45, 2.75) is 18.9 Å². The van der Waals surface area contributed by atoms with E-state index in [9.17, 15) is 4.79 Å². The summed E-state index contributed by atoms with van der Waals surface area (Å²) in [7, 11) is 0. The van der Waals surface area contributed by atoms with Crippen LogP contribution in [0.1, 0.15) is 17.9 Å². The predicted molar refractivity (Wildman–Crippen MR) is 99.1 cm³/mol. The van der Waals surface area contributed by atoms with Gasteiger partial charge in [-0.1, -0.05) is 30.3 Å². The van der Waals surface area contributed by atoms with Crippen LogP contribution < -0.4 is 10.6 Å². The second-order valence-electron chi connectivity index (χ2n) is 6.43. The van der Waals surface area contributed by atoms with E-state index in [0.717, 1.165) is 17.6 Å². The number of morpholine rings is 1. The number of oxazole rings is 1. The number of nitrogens with one attached hydrogen (secondary N) is 2. The van der Waals surface area contributed by atoms with Crippen molar-refractivity contribution >= 4 is 22.7 Å². The second kappa shape index (κ2) is 7.68. The first-order valence-electron chi connectivity index (χ1n) is 8.81. The van der Waals surface area contributed by atoms with E-state index in [2.05, 4.69) is 15.6 Å². The molecule has 1 unspecified atom stereocenters. The molecule has 1 saturated heterocycles. The van der Waals surface area contributed by atoms with Crippen LogP contribution in [0.4, 0.5) is 5.69 Å². The number of rotatable bonds is 5. The monoisotopic (exact) mass is 351 g/mol. The van der Waals surface area contributed by atoms with Gasteiger partial charge in [0.25, 0.3) is 0 Å². The van der Waals surface area contributed by atoms with E-state index < -0.39 is 0 Å². The van der Waals surface area contributed by atoms with Crippen molar-refractivity contribution in [1.82, 2.24) is 10.3 Å². The number of ether oxygens (including phenoxy) is 1. The predicted octanol–water partition coefficient (Wildman–Crippen LogP) is 2.74. The Morgan fingerprint density at radius 3 is 2.92 bits per heavy atom. The van der Waals surface area contributed by atoms with E-state index in [1.54, 1.807) is 0 Å². The molecule has 2 aromatic carbocycles. The number of fused-ring (bicyclic) bond motifs is 1. The zero-order chi connectivity index (χ0) is 17.8. The molecule has 3 aromatic rings. The minimum absolute atomic E-state index is 0.0450. The highest BCUT2D eigenvalue weighted by Crippen LogP contribution is 2.22. The molecule has 26 heavy (non-hydrogen) atoms. The molecule has 0 aliphatic carbocycles. The van der Waals surface area contributed by atoms with Crippen LogP contribution in [-0.4, -0.2) is 36.7 Å². The third kappa shape index (κ3) is 4.09. The number of aromatic nitrogens is 1. The molecule has 1 fully saturated rings. The molecule has 6 nitrogen and oxygen atoms in total. The van der Waals surface area contributed by atoms with Gasteiger partial charge < -0.3 is 19.8 Å². The standard InChI is InChI=1S/C20H21N3O3/c24-19(12-16-13-25-9-8-21-16)22-15-6-7-17-18(11-15)26-20(23-17)10-14-4-2-1-3-5-14/h1-7,11,16,21H,8-10,12-13H2,(H,22,24). The molecular formula is C20H21N3O3. The summed E-state index contributed by atoms with van der Waals surface area (Å²) in [6.07, 6.45) is 1.03. The first-order valence-corrected chi connectivity index (χ1v) is 8.81. The van der Waals surface area contributed by atoms with Crippen molar-refractivity contribution in [2.24, 2.45) is 0 Å². The number of anilines is 1. The van der Waals surface area contributed by atoms with Crippen LogP contribution in [0, 0.1) is 0 Å². The van der Waals surface area contributed by atoms with Crippen LogP contribution in [0.15, 0.2) is 52.9 Å². The van der Waals surface area contributed by atoms with E-state index in [1.807, 2.05) is 48.5 Å². The number of hydrogen-bond donors (Lipinski definition) is 2. The fourth-order valence-corrected chi connectivity index (χ4v) is 3.08. The Bertz CT molecular complexity index is 886. The van der Waals surface area contributed by atoms with Crippen LogP contribution in [-0.2, 0) is 16.0 Å². The molecule has 1 aromatic heterocycles.